The monoisotopic (exact) mass is 370 g/mol. The van der Waals surface area contributed by atoms with Crippen molar-refractivity contribution >= 4 is 0 Å². The van der Waals surface area contributed by atoms with E-state index in [9.17, 15) is 30.6 Å². The predicted molar refractivity (Wildman–Crippen MR) is 78.2 cm³/mol. The van der Waals surface area contributed by atoms with Crippen LogP contribution in [0.5, 0.6) is 0 Å². The Hall–Kier alpha value is -0.440. The second-order valence-electron chi connectivity index (χ2n) is 5.95. The van der Waals surface area contributed by atoms with E-state index in [4.69, 9.17) is 23.7 Å². The van der Waals surface area contributed by atoms with Gasteiger partial charge in [-0.2, -0.15) is 0 Å². The average molecular weight is 370 g/mol. The summed E-state index contributed by atoms with van der Waals surface area (Å²) in [5.41, 5.74) is 0. The first-order chi connectivity index (χ1) is 11.9. The topological polar surface area (TPSA) is 168 Å². The molecule has 2 aliphatic rings. The molecule has 2 fully saturated rings. The molecule has 0 bridgehead atoms. The largest absolute Gasteiger partial charge is 0.394 e. The van der Waals surface area contributed by atoms with Crippen molar-refractivity contribution < 1.29 is 54.3 Å². The third-order valence-corrected chi connectivity index (χ3v) is 4.44. The van der Waals surface area contributed by atoms with E-state index >= 15 is 0 Å². The number of methoxy groups -OCH3 is 2. The molecule has 0 aromatic rings. The van der Waals surface area contributed by atoms with Crippen molar-refractivity contribution in [3.8, 4) is 0 Å². The molecule has 4 unspecified atom stereocenters. The van der Waals surface area contributed by atoms with E-state index in [1.807, 2.05) is 0 Å². The van der Waals surface area contributed by atoms with Gasteiger partial charge in [0, 0.05) is 14.2 Å². The molecule has 0 spiro atoms. The highest BCUT2D eigenvalue weighted by Gasteiger charge is 2.50. The molecule has 0 aromatic heterocycles. The molecule has 2 saturated heterocycles. The zero-order chi connectivity index (χ0) is 18.7. The Morgan fingerprint density at radius 1 is 0.680 bits per heavy atom. The van der Waals surface area contributed by atoms with Gasteiger partial charge in [0.25, 0.3) is 0 Å². The highest BCUT2D eigenvalue weighted by Crippen LogP contribution is 2.29. The van der Waals surface area contributed by atoms with Gasteiger partial charge >= 0.3 is 0 Å². The van der Waals surface area contributed by atoms with E-state index in [1.165, 1.54) is 14.2 Å². The molecule has 0 saturated carbocycles. The lowest BCUT2D eigenvalue weighted by atomic mass is 9.97. The molecule has 25 heavy (non-hydrogen) atoms. The molecule has 10 atom stereocenters. The maximum atomic E-state index is 10.2. The van der Waals surface area contributed by atoms with Gasteiger partial charge in [0.2, 0.25) is 0 Å². The van der Waals surface area contributed by atoms with Crippen molar-refractivity contribution in [1.82, 2.24) is 0 Å². The standard InChI is InChI=1S/C14H26O11/c1-21-11-5(3-15)24-14(10(20)7(11)17)25-12-6(4-16)23-13(22-2)9(19)8(12)18/h5-20H,3-4H2,1-2H3/t5?,6?,7?,8?,9-,10-,11+,12+,13-,14+/m0/s1. The van der Waals surface area contributed by atoms with Crippen molar-refractivity contribution in [3.63, 3.8) is 0 Å². The van der Waals surface area contributed by atoms with Gasteiger partial charge in [-0.25, -0.2) is 0 Å². The lowest BCUT2D eigenvalue weighted by molar-refractivity contribution is -0.358. The quantitative estimate of drug-likeness (QED) is 0.269. The number of aliphatic hydroxyl groups excluding tert-OH is 6. The summed E-state index contributed by atoms with van der Waals surface area (Å²) in [6.07, 6.45) is -12.9. The molecule has 6 N–H and O–H groups in total. The number of ether oxygens (including phenoxy) is 5. The van der Waals surface area contributed by atoms with Gasteiger partial charge in [0.15, 0.2) is 12.6 Å². The molecule has 11 nitrogen and oxygen atoms in total. The minimum absolute atomic E-state index is 0.510. The molecule has 0 aromatic carbocycles. The third-order valence-electron chi connectivity index (χ3n) is 4.44. The van der Waals surface area contributed by atoms with E-state index in [0.29, 0.717) is 0 Å². The second kappa shape index (κ2) is 8.97. The highest BCUT2D eigenvalue weighted by atomic mass is 16.7. The van der Waals surface area contributed by atoms with Crippen LogP contribution in [-0.4, -0.2) is 119 Å². The Morgan fingerprint density at radius 2 is 1.16 bits per heavy atom. The smallest absolute Gasteiger partial charge is 0.187 e. The van der Waals surface area contributed by atoms with Crippen molar-refractivity contribution in [2.45, 2.75) is 61.4 Å². The fraction of sp³-hybridized carbons (Fsp3) is 1.00. The summed E-state index contributed by atoms with van der Waals surface area (Å²) in [7, 11) is 2.55. The number of hydrogen-bond acceptors (Lipinski definition) is 11. The Bertz CT molecular complexity index is 406. The van der Waals surface area contributed by atoms with Crippen molar-refractivity contribution in [2.75, 3.05) is 27.4 Å². The third kappa shape index (κ3) is 4.12. The van der Waals surface area contributed by atoms with E-state index in [1.54, 1.807) is 0 Å². The Kier molecular flexibility index (Phi) is 7.49. The Balaban J connectivity index is 2.13. The summed E-state index contributed by atoms with van der Waals surface area (Å²) < 4.78 is 26.0. The lowest BCUT2D eigenvalue weighted by Crippen LogP contribution is -2.64. The molecular weight excluding hydrogens is 344 g/mol. The average Bonchev–Trinajstić information content (AvgIpc) is 2.62. The van der Waals surface area contributed by atoms with Gasteiger partial charge in [0.1, 0.15) is 48.8 Å². The molecule has 2 rings (SSSR count). The van der Waals surface area contributed by atoms with E-state index in [0.717, 1.165) is 0 Å². The van der Waals surface area contributed by atoms with Gasteiger partial charge in [-0.3, -0.25) is 0 Å². The Morgan fingerprint density at radius 3 is 1.68 bits per heavy atom. The molecule has 2 heterocycles. The maximum Gasteiger partial charge on any atom is 0.187 e. The lowest BCUT2D eigenvalue weighted by Gasteiger charge is -2.46. The van der Waals surface area contributed by atoms with Crippen LogP contribution in [0.15, 0.2) is 0 Å². The van der Waals surface area contributed by atoms with Gasteiger partial charge in [-0.05, 0) is 0 Å². The number of aliphatic hydroxyl groups is 6. The first-order valence-electron chi connectivity index (χ1n) is 7.85. The van der Waals surface area contributed by atoms with E-state index in [-0.39, 0.29) is 0 Å². The van der Waals surface area contributed by atoms with Crippen LogP contribution < -0.4 is 0 Å². The Labute approximate surface area is 144 Å². The summed E-state index contributed by atoms with van der Waals surface area (Å²) in [6, 6.07) is 0. The summed E-state index contributed by atoms with van der Waals surface area (Å²) in [6.45, 7) is -1.08. The van der Waals surface area contributed by atoms with E-state index < -0.39 is 74.6 Å². The van der Waals surface area contributed by atoms with Gasteiger partial charge < -0.3 is 54.3 Å². The van der Waals surface area contributed by atoms with Crippen molar-refractivity contribution in [3.05, 3.63) is 0 Å². The second-order valence-corrected chi connectivity index (χ2v) is 5.95. The van der Waals surface area contributed by atoms with Crippen LogP contribution in [0.2, 0.25) is 0 Å². The molecule has 0 aliphatic carbocycles. The fourth-order valence-electron chi connectivity index (χ4n) is 3.03. The van der Waals surface area contributed by atoms with Gasteiger partial charge in [0.05, 0.1) is 13.2 Å². The van der Waals surface area contributed by atoms with Crippen LogP contribution in [0, 0.1) is 0 Å². The van der Waals surface area contributed by atoms with Crippen LogP contribution >= 0.6 is 0 Å². The summed E-state index contributed by atoms with van der Waals surface area (Å²) in [4.78, 5) is 0. The number of hydrogen-bond donors (Lipinski definition) is 6. The molecule has 2 aliphatic heterocycles. The summed E-state index contributed by atoms with van der Waals surface area (Å²) in [5.74, 6) is 0. The molecular formula is C14H26O11. The zero-order valence-electron chi connectivity index (χ0n) is 13.9. The van der Waals surface area contributed by atoms with Crippen LogP contribution in [0.3, 0.4) is 0 Å². The zero-order valence-corrected chi connectivity index (χ0v) is 13.9. The molecule has 148 valence electrons. The first kappa shape index (κ1) is 20.9. The minimum atomic E-state index is -1.56. The minimum Gasteiger partial charge on any atom is -0.394 e. The normalized spacial score (nSPS) is 48.5. The first-order valence-corrected chi connectivity index (χ1v) is 7.85. The van der Waals surface area contributed by atoms with Crippen LogP contribution in [0.25, 0.3) is 0 Å². The van der Waals surface area contributed by atoms with Crippen LogP contribution in [0.4, 0.5) is 0 Å². The summed E-state index contributed by atoms with van der Waals surface area (Å²) in [5, 5.41) is 59.3. The fourth-order valence-corrected chi connectivity index (χ4v) is 3.03. The van der Waals surface area contributed by atoms with Crippen LogP contribution in [-0.2, 0) is 23.7 Å². The van der Waals surface area contributed by atoms with Gasteiger partial charge in [-0.15, -0.1) is 0 Å². The summed E-state index contributed by atoms with van der Waals surface area (Å²) >= 11 is 0. The van der Waals surface area contributed by atoms with Crippen molar-refractivity contribution in [2.24, 2.45) is 0 Å². The molecule has 0 radical (unpaired) electrons. The number of rotatable bonds is 6. The molecule has 11 heteroatoms. The molecule has 0 amide bonds. The van der Waals surface area contributed by atoms with E-state index in [2.05, 4.69) is 0 Å². The van der Waals surface area contributed by atoms with Gasteiger partial charge in [-0.1, -0.05) is 0 Å². The van der Waals surface area contributed by atoms with Crippen molar-refractivity contribution in [1.29, 1.82) is 0 Å². The SMILES string of the molecule is CO[C@@H]1C(CO)O[C@H](O[C@@H]2C(CO)O[C@H](OC)[C@@H](O)C2O)[C@@H](O)C1O. The highest BCUT2D eigenvalue weighted by molar-refractivity contribution is 4.94. The van der Waals surface area contributed by atoms with Crippen LogP contribution in [0.1, 0.15) is 0 Å². The maximum absolute atomic E-state index is 10.2. The predicted octanol–water partition coefficient (Wildman–Crippen LogP) is -4.09.